The third-order valence-electron chi connectivity index (χ3n) is 2.97. The lowest BCUT2D eigenvalue weighted by molar-refractivity contribution is 0.561. The predicted molar refractivity (Wildman–Crippen MR) is 76.9 cm³/mol. The summed E-state index contributed by atoms with van der Waals surface area (Å²) in [5.74, 6) is 0.686. The summed E-state index contributed by atoms with van der Waals surface area (Å²) in [4.78, 5) is 4.32. The van der Waals surface area contributed by atoms with Crippen molar-refractivity contribution in [2.45, 2.75) is 13.5 Å². The fourth-order valence-corrected chi connectivity index (χ4v) is 1.99. The number of nitrogen functional groups attached to an aromatic ring is 1. The molecule has 0 saturated carbocycles. The van der Waals surface area contributed by atoms with Crippen LogP contribution >= 0.6 is 0 Å². The second-order valence-corrected chi connectivity index (χ2v) is 4.51. The minimum absolute atomic E-state index is 0.686. The van der Waals surface area contributed by atoms with Gasteiger partial charge in [0.1, 0.15) is 5.52 Å². The Hall–Kier alpha value is -2.49. The summed E-state index contributed by atoms with van der Waals surface area (Å²) in [6.07, 6.45) is 0. The van der Waals surface area contributed by atoms with Crippen LogP contribution in [0.1, 0.15) is 11.5 Å². The first kappa shape index (κ1) is 11.6. The largest absolute Gasteiger partial charge is 0.441 e. The molecule has 0 fully saturated rings. The molecule has 3 N–H and O–H groups in total. The molecule has 0 aliphatic rings. The SMILES string of the molecule is Cc1nc2cc(NCc3ccc(N)cc3)ccc2o1. The Morgan fingerprint density at radius 3 is 2.74 bits per heavy atom. The van der Waals surface area contributed by atoms with E-state index in [9.17, 15) is 0 Å². The van der Waals surface area contributed by atoms with Crippen LogP contribution in [0, 0.1) is 6.92 Å². The van der Waals surface area contributed by atoms with Crippen LogP contribution in [-0.2, 0) is 6.54 Å². The monoisotopic (exact) mass is 253 g/mol. The van der Waals surface area contributed by atoms with E-state index in [0.717, 1.165) is 29.0 Å². The minimum Gasteiger partial charge on any atom is -0.441 e. The average Bonchev–Trinajstić information content (AvgIpc) is 2.77. The number of benzene rings is 2. The van der Waals surface area contributed by atoms with E-state index in [4.69, 9.17) is 10.2 Å². The molecule has 96 valence electrons. The summed E-state index contributed by atoms with van der Waals surface area (Å²) in [6.45, 7) is 2.60. The molecule has 1 heterocycles. The lowest BCUT2D eigenvalue weighted by Gasteiger charge is -2.06. The van der Waals surface area contributed by atoms with Crippen LogP contribution in [0.2, 0.25) is 0 Å². The Morgan fingerprint density at radius 2 is 1.95 bits per heavy atom. The van der Waals surface area contributed by atoms with Crippen molar-refractivity contribution in [3.8, 4) is 0 Å². The van der Waals surface area contributed by atoms with Crippen LogP contribution in [0.25, 0.3) is 11.1 Å². The number of rotatable bonds is 3. The van der Waals surface area contributed by atoms with E-state index >= 15 is 0 Å². The van der Waals surface area contributed by atoms with Gasteiger partial charge in [-0.15, -0.1) is 0 Å². The zero-order chi connectivity index (χ0) is 13.2. The van der Waals surface area contributed by atoms with Crippen molar-refractivity contribution in [3.63, 3.8) is 0 Å². The average molecular weight is 253 g/mol. The van der Waals surface area contributed by atoms with Crippen molar-refractivity contribution >= 4 is 22.5 Å². The molecule has 0 bridgehead atoms. The first-order chi connectivity index (χ1) is 9.20. The van der Waals surface area contributed by atoms with Gasteiger partial charge in [0.05, 0.1) is 0 Å². The highest BCUT2D eigenvalue weighted by molar-refractivity contribution is 5.77. The fourth-order valence-electron chi connectivity index (χ4n) is 1.99. The smallest absolute Gasteiger partial charge is 0.192 e. The van der Waals surface area contributed by atoms with E-state index in [1.807, 2.05) is 49.4 Å². The molecule has 4 heteroatoms. The molecule has 0 amide bonds. The van der Waals surface area contributed by atoms with Gasteiger partial charge in [-0.2, -0.15) is 0 Å². The highest BCUT2D eigenvalue weighted by Gasteiger charge is 2.02. The van der Waals surface area contributed by atoms with Gasteiger partial charge in [-0.3, -0.25) is 0 Å². The van der Waals surface area contributed by atoms with Gasteiger partial charge in [0, 0.05) is 24.8 Å². The number of nitrogens with two attached hydrogens (primary N) is 1. The summed E-state index contributed by atoms with van der Waals surface area (Å²) in [5.41, 5.74) is 10.3. The van der Waals surface area contributed by atoms with Crippen LogP contribution in [0.15, 0.2) is 46.9 Å². The lowest BCUT2D eigenvalue weighted by atomic mass is 10.2. The van der Waals surface area contributed by atoms with Crippen LogP contribution in [-0.4, -0.2) is 4.98 Å². The molecule has 0 atom stereocenters. The first-order valence-electron chi connectivity index (χ1n) is 6.16. The second-order valence-electron chi connectivity index (χ2n) is 4.51. The van der Waals surface area contributed by atoms with Crippen LogP contribution in [0.4, 0.5) is 11.4 Å². The van der Waals surface area contributed by atoms with Gasteiger partial charge < -0.3 is 15.5 Å². The maximum absolute atomic E-state index is 5.66. The molecule has 0 radical (unpaired) electrons. The number of hydrogen-bond acceptors (Lipinski definition) is 4. The molecule has 3 aromatic rings. The maximum atomic E-state index is 5.66. The minimum atomic E-state index is 0.686. The van der Waals surface area contributed by atoms with Crippen molar-refractivity contribution in [1.29, 1.82) is 0 Å². The predicted octanol–water partition coefficient (Wildman–Crippen LogP) is 3.33. The highest BCUT2D eigenvalue weighted by Crippen LogP contribution is 2.20. The summed E-state index contributed by atoms with van der Waals surface area (Å²) in [7, 11) is 0. The van der Waals surface area contributed by atoms with E-state index < -0.39 is 0 Å². The number of nitrogens with zero attached hydrogens (tertiary/aromatic N) is 1. The topological polar surface area (TPSA) is 64.1 Å². The molecule has 19 heavy (non-hydrogen) atoms. The first-order valence-corrected chi connectivity index (χ1v) is 6.16. The molecule has 0 spiro atoms. The van der Waals surface area contributed by atoms with E-state index in [2.05, 4.69) is 10.3 Å². The van der Waals surface area contributed by atoms with Crippen molar-refractivity contribution in [2.24, 2.45) is 0 Å². The Labute approximate surface area is 111 Å². The molecule has 2 aromatic carbocycles. The number of fused-ring (bicyclic) bond motifs is 1. The van der Waals surface area contributed by atoms with Crippen molar-refractivity contribution in [3.05, 3.63) is 53.9 Å². The number of aromatic nitrogens is 1. The van der Waals surface area contributed by atoms with E-state index in [-0.39, 0.29) is 0 Å². The third-order valence-corrected chi connectivity index (χ3v) is 2.97. The van der Waals surface area contributed by atoms with Gasteiger partial charge in [0.25, 0.3) is 0 Å². The second kappa shape index (κ2) is 4.65. The Bertz CT molecular complexity index is 701. The van der Waals surface area contributed by atoms with Gasteiger partial charge in [0.15, 0.2) is 11.5 Å². The number of aryl methyl sites for hydroxylation is 1. The number of anilines is 2. The molecule has 0 saturated heterocycles. The maximum Gasteiger partial charge on any atom is 0.192 e. The molecule has 0 aliphatic carbocycles. The molecule has 1 aromatic heterocycles. The van der Waals surface area contributed by atoms with Crippen LogP contribution in [0.3, 0.4) is 0 Å². The molecule has 3 rings (SSSR count). The van der Waals surface area contributed by atoms with Crippen molar-refractivity contribution in [2.75, 3.05) is 11.1 Å². The zero-order valence-corrected chi connectivity index (χ0v) is 10.7. The third kappa shape index (κ3) is 2.52. The Balaban J connectivity index is 1.75. The quantitative estimate of drug-likeness (QED) is 0.703. The zero-order valence-electron chi connectivity index (χ0n) is 10.7. The number of hydrogen-bond donors (Lipinski definition) is 2. The Morgan fingerprint density at radius 1 is 1.16 bits per heavy atom. The molecule has 4 nitrogen and oxygen atoms in total. The van der Waals surface area contributed by atoms with Gasteiger partial charge >= 0.3 is 0 Å². The van der Waals surface area contributed by atoms with Crippen molar-refractivity contribution in [1.82, 2.24) is 4.98 Å². The summed E-state index contributed by atoms with van der Waals surface area (Å²) in [5, 5.41) is 3.36. The molecular formula is C15H15N3O. The van der Waals surface area contributed by atoms with Gasteiger partial charge in [-0.05, 0) is 35.9 Å². The fraction of sp³-hybridized carbons (Fsp3) is 0.133. The van der Waals surface area contributed by atoms with Crippen LogP contribution in [0.5, 0.6) is 0 Å². The summed E-state index contributed by atoms with van der Waals surface area (Å²) in [6, 6.07) is 13.7. The van der Waals surface area contributed by atoms with Gasteiger partial charge in [-0.25, -0.2) is 4.98 Å². The van der Waals surface area contributed by atoms with E-state index in [0.29, 0.717) is 5.89 Å². The summed E-state index contributed by atoms with van der Waals surface area (Å²) < 4.78 is 5.45. The standard InChI is InChI=1S/C15H15N3O/c1-10-18-14-8-13(6-7-15(14)19-10)17-9-11-2-4-12(16)5-3-11/h2-8,17H,9,16H2,1H3. The molecule has 0 aliphatic heterocycles. The van der Waals surface area contributed by atoms with Crippen molar-refractivity contribution < 1.29 is 4.42 Å². The summed E-state index contributed by atoms with van der Waals surface area (Å²) >= 11 is 0. The molecule has 0 unspecified atom stereocenters. The van der Waals surface area contributed by atoms with Crippen LogP contribution < -0.4 is 11.1 Å². The van der Waals surface area contributed by atoms with E-state index in [1.54, 1.807) is 0 Å². The number of nitrogens with one attached hydrogen (secondary N) is 1. The lowest BCUT2D eigenvalue weighted by Crippen LogP contribution is -1.99. The number of oxazole rings is 1. The van der Waals surface area contributed by atoms with Gasteiger partial charge in [-0.1, -0.05) is 12.1 Å². The Kier molecular flexibility index (Phi) is 2.83. The van der Waals surface area contributed by atoms with Gasteiger partial charge in [0.2, 0.25) is 0 Å². The molecular weight excluding hydrogens is 238 g/mol. The highest BCUT2D eigenvalue weighted by atomic mass is 16.3. The normalized spacial score (nSPS) is 10.8. The van der Waals surface area contributed by atoms with E-state index in [1.165, 1.54) is 5.56 Å².